The molecule has 0 atom stereocenters. The number of aromatic nitrogens is 2. The molecule has 3 rings (SSSR count). The second kappa shape index (κ2) is 4.07. The van der Waals surface area contributed by atoms with Gasteiger partial charge in [0.1, 0.15) is 5.82 Å². The highest BCUT2D eigenvalue weighted by Crippen LogP contribution is 2.28. The lowest BCUT2D eigenvalue weighted by atomic mass is 10.0. The standard InChI is InChI=1S/C14H10FN3/c15-13-4-3-11(9-6-10(16)8-17-7-9)14-12(13)2-1-5-18-14/h1-8H,16H2. The number of nitrogens with two attached hydrogens (primary N) is 1. The monoisotopic (exact) mass is 239 g/mol. The molecule has 0 fully saturated rings. The number of nitrogen functional groups attached to an aromatic ring is 1. The number of fused-ring (bicyclic) bond motifs is 1. The molecule has 2 N–H and O–H groups in total. The third-order valence-electron chi connectivity index (χ3n) is 2.79. The van der Waals surface area contributed by atoms with Crippen molar-refractivity contribution in [1.82, 2.24) is 9.97 Å². The van der Waals surface area contributed by atoms with Gasteiger partial charge in [-0.15, -0.1) is 0 Å². The first-order chi connectivity index (χ1) is 8.75. The van der Waals surface area contributed by atoms with Gasteiger partial charge in [0.15, 0.2) is 0 Å². The van der Waals surface area contributed by atoms with E-state index < -0.39 is 0 Å². The predicted molar refractivity (Wildman–Crippen MR) is 69.3 cm³/mol. The van der Waals surface area contributed by atoms with Crippen LogP contribution in [0.1, 0.15) is 0 Å². The number of pyridine rings is 2. The molecule has 3 nitrogen and oxygen atoms in total. The van der Waals surface area contributed by atoms with Crippen LogP contribution in [0.15, 0.2) is 48.9 Å². The average Bonchev–Trinajstić information content (AvgIpc) is 2.39. The van der Waals surface area contributed by atoms with E-state index in [0.717, 1.165) is 11.1 Å². The van der Waals surface area contributed by atoms with Crippen LogP contribution in [0.2, 0.25) is 0 Å². The van der Waals surface area contributed by atoms with Crippen LogP contribution in [0.5, 0.6) is 0 Å². The zero-order valence-electron chi connectivity index (χ0n) is 9.47. The lowest BCUT2D eigenvalue weighted by Crippen LogP contribution is -1.91. The van der Waals surface area contributed by atoms with Crippen molar-refractivity contribution in [3.8, 4) is 11.1 Å². The van der Waals surface area contributed by atoms with Crippen molar-refractivity contribution in [3.05, 3.63) is 54.7 Å². The van der Waals surface area contributed by atoms with Gasteiger partial charge in [-0.25, -0.2) is 4.39 Å². The summed E-state index contributed by atoms with van der Waals surface area (Å²) >= 11 is 0. The summed E-state index contributed by atoms with van der Waals surface area (Å²) in [4.78, 5) is 8.28. The van der Waals surface area contributed by atoms with Gasteiger partial charge in [-0.05, 0) is 30.3 Å². The number of nitrogens with zero attached hydrogens (tertiary/aromatic N) is 2. The van der Waals surface area contributed by atoms with Crippen molar-refractivity contribution in [2.45, 2.75) is 0 Å². The lowest BCUT2D eigenvalue weighted by molar-refractivity contribution is 0.639. The van der Waals surface area contributed by atoms with Gasteiger partial charge < -0.3 is 5.73 Å². The van der Waals surface area contributed by atoms with Gasteiger partial charge >= 0.3 is 0 Å². The Morgan fingerprint density at radius 2 is 2.00 bits per heavy atom. The molecule has 0 saturated carbocycles. The second-order valence-electron chi connectivity index (χ2n) is 4.00. The number of anilines is 1. The Hall–Kier alpha value is -2.49. The van der Waals surface area contributed by atoms with Gasteiger partial charge in [0.2, 0.25) is 0 Å². The number of hydrogen-bond donors (Lipinski definition) is 1. The summed E-state index contributed by atoms with van der Waals surface area (Å²) in [5.74, 6) is -0.279. The van der Waals surface area contributed by atoms with E-state index in [0.29, 0.717) is 16.6 Å². The molecule has 2 aromatic heterocycles. The third kappa shape index (κ3) is 1.68. The second-order valence-corrected chi connectivity index (χ2v) is 4.00. The van der Waals surface area contributed by atoms with E-state index in [1.165, 1.54) is 6.07 Å². The molecular formula is C14H10FN3. The van der Waals surface area contributed by atoms with E-state index >= 15 is 0 Å². The molecule has 2 heterocycles. The van der Waals surface area contributed by atoms with Crippen LogP contribution in [0.3, 0.4) is 0 Å². The van der Waals surface area contributed by atoms with Crippen LogP contribution < -0.4 is 5.73 Å². The summed E-state index contributed by atoms with van der Waals surface area (Å²) in [6.45, 7) is 0. The van der Waals surface area contributed by atoms with Gasteiger partial charge in [0.05, 0.1) is 11.2 Å². The van der Waals surface area contributed by atoms with Crippen LogP contribution in [-0.2, 0) is 0 Å². The molecule has 0 radical (unpaired) electrons. The van der Waals surface area contributed by atoms with Crippen molar-refractivity contribution in [2.75, 3.05) is 5.73 Å². The van der Waals surface area contributed by atoms with Gasteiger partial charge in [0, 0.05) is 35.1 Å². The Labute approximate surface area is 103 Å². The summed E-state index contributed by atoms with van der Waals surface area (Å²) in [5.41, 5.74) is 8.56. The highest BCUT2D eigenvalue weighted by atomic mass is 19.1. The van der Waals surface area contributed by atoms with Gasteiger partial charge in [0.25, 0.3) is 0 Å². The van der Waals surface area contributed by atoms with E-state index in [4.69, 9.17) is 5.73 Å². The average molecular weight is 239 g/mol. The molecule has 3 aromatic rings. The summed E-state index contributed by atoms with van der Waals surface area (Å²) in [5, 5.41) is 0.498. The Morgan fingerprint density at radius 1 is 1.11 bits per heavy atom. The normalized spacial score (nSPS) is 10.7. The topological polar surface area (TPSA) is 51.8 Å². The van der Waals surface area contributed by atoms with Crippen LogP contribution in [-0.4, -0.2) is 9.97 Å². The molecule has 18 heavy (non-hydrogen) atoms. The van der Waals surface area contributed by atoms with E-state index in [2.05, 4.69) is 9.97 Å². The Kier molecular flexibility index (Phi) is 2.41. The maximum Gasteiger partial charge on any atom is 0.132 e. The molecule has 0 amide bonds. The molecule has 1 aromatic carbocycles. The minimum absolute atomic E-state index is 0.279. The largest absolute Gasteiger partial charge is 0.397 e. The highest BCUT2D eigenvalue weighted by molar-refractivity contribution is 5.94. The maximum absolute atomic E-state index is 13.7. The van der Waals surface area contributed by atoms with Gasteiger partial charge in [-0.1, -0.05) is 0 Å². The molecule has 0 bridgehead atoms. The first kappa shape index (κ1) is 10.7. The summed E-state index contributed by atoms with van der Waals surface area (Å²) in [6, 6.07) is 8.35. The Balaban J connectivity index is 2.33. The van der Waals surface area contributed by atoms with Crippen LogP contribution in [0.4, 0.5) is 10.1 Å². The molecule has 0 aliphatic heterocycles. The van der Waals surface area contributed by atoms with Crippen molar-refractivity contribution in [1.29, 1.82) is 0 Å². The highest BCUT2D eigenvalue weighted by Gasteiger charge is 2.08. The first-order valence-electron chi connectivity index (χ1n) is 5.50. The SMILES string of the molecule is Nc1cncc(-c2ccc(F)c3cccnc23)c1. The molecule has 0 unspecified atom stereocenters. The molecular weight excluding hydrogens is 229 g/mol. The minimum atomic E-state index is -0.279. The summed E-state index contributed by atoms with van der Waals surface area (Å²) in [7, 11) is 0. The van der Waals surface area contributed by atoms with E-state index in [9.17, 15) is 4.39 Å². The summed E-state index contributed by atoms with van der Waals surface area (Å²) < 4.78 is 13.7. The number of hydrogen-bond acceptors (Lipinski definition) is 3. The number of rotatable bonds is 1. The quantitative estimate of drug-likeness (QED) is 0.710. The van der Waals surface area contributed by atoms with Crippen molar-refractivity contribution in [2.24, 2.45) is 0 Å². The van der Waals surface area contributed by atoms with Crippen LogP contribution >= 0.6 is 0 Å². The fourth-order valence-corrected chi connectivity index (χ4v) is 1.98. The fraction of sp³-hybridized carbons (Fsp3) is 0. The zero-order valence-corrected chi connectivity index (χ0v) is 9.47. The van der Waals surface area contributed by atoms with Crippen molar-refractivity contribution in [3.63, 3.8) is 0 Å². The van der Waals surface area contributed by atoms with Crippen LogP contribution in [0, 0.1) is 5.82 Å². The zero-order chi connectivity index (χ0) is 12.5. The van der Waals surface area contributed by atoms with E-state index in [1.54, 1.807) is 42.9 Å². The molecule has 88 valence electrons. The Bertz CT molecular complexity index is 725. The number of benzene rings is 1. The molecule has 4 heteroatoms. The van der Waals surface area contributed by atoms with Crippen molar-refractivity contribution < 1.29 is 4.39 Å². The molecule has 0 aliphatic rings. The molecule has 0 spiro atoms. The van der Waals surface area contributed by atoms with E-state index in [-0.39, 0.29) is 5.82 Å². The number of halogens is 1. The fourth-order valence-electron chi connectivity index (χ4n) is 1.98. The van der Waals surface area contributed by atoms with Gasteiger partial charge in [-0.3, -0.25) is 9.97 Å². The molecule has 0 aliphatic carbocycles. The van der Waals surface area contributed by atoms with Gasteiger partial charge in [-0.2, -0.15) is 0 Å². The predicted octanol–water partition coefficient (Wildman–Crippen LogP) is 3.02. The lowest BCUT2D eigenvalue weighted by Gasteiger charge is -2.06. The van der Waals surface area contributed by atoms with Crippen LogP contribution in [0.25, 0.3) is 22.0 Å². The smallest absolute Gasteiger partial charge is 0.132 e. The third-order valence-corrected chi connectivity index (χ3v) is 2.79. The molecule has 0 saturated heterocycles. The van der Waals surface area contributed by atoms with E-state index in [1.807, 2.05) is 0 Å². The van der Waals surface area contributed by atoms with Crippen molar-refractivity contribution >= 4 is 16.6 Å². The minimum Gasteiger partial charge on any atom is -0.397 e. The summed E-state index contributed by atoms with van der Waals surface area (Å²) in [6.07, 6.45) is 4.91. The maximum atomic E-state index is 13.7. The Morgan fingerprint density at radius 3 is 2.83 bits per heavy atom. The first-order valence-corrected chi connectivity index (χ1v) is 5.50.